The van der Waals surface area contributed by atoms with Crippen LogP contribution in [0.25, 0.3) is 0 Å². The topological polar surface area (TPSA) is 87.7 Å². The predicted molar refractivity (Wildman–Crippen MR) is 115 cm³/mol. The van der Waals surface area contributed by atoms with E-state index in [1.54, 1.807) is 30.3 Å². The minimum absolute atomic E-state index is 0.127. The minimum Gasteiger partial charge on any atom is -0.496 e. The van der Waals surface area contributed by atoms with E-state index in [1.807, 2.05) is 19.1 Å². The molecule has 1 heterocycles. The SMILES string of the molecule is CCc1ccc(NC(=O)N2CC(=O)NCC(Cc3cc(Cl)ccc3OC)C2=O)cc1. The summed E-state index contributed by atoms with van der Waals surface area (Å²) in [6.45, 7) is 1.83. The zero-order valence-electron chi connectivity index (χ0n) is 16.9. The van der Waals surface area contributed by atoms with E-state index in [1.165, 1.54) is 7.11 Å². The number of imide groups is 1. The maximum atomic E-state index is 13.1. The molecule has 0 aliphatic carbocycles. The molecule has 0 radical (unpaired) electrons. The summed E-state index contributed by atoms with van der Waals surface area (Å²) in [7, 11) is 1.53. The van der Waals surface area contributed by atoms with Crippen LogP contribution in [0.5, 0.6) is 5.75 Å². The second-order valence-electron chi connectivity index (χ2n) is 7.07. The van der Waals surface area contributed by atoms with E-state index in [0.717, 1.165) is 22.4 Å². The molecule has 2 N–H and O–H groups in total. The largest absolute Gasteiger partial charge is 0.496 e. The minimum atomic E-state index is -0.635. The Labute approximate surface area is 180 Å². The molecule has 7 nitrogen and oxygen atoms in total. The van der Waals surface area contributed by atoms with E-state index in [2.05, 4.69) is 10.6 Å². The first-order valence-electron chi connectivity index (χ1n) is 9.71. The van der Waals surface area contributed by atoms with Crippen molar-refractivity contribution in [2.75, 3.05) is 25.5 Å². The summed E-state index contributed by atoms with van der Waals surface area (Å²) >= 11 is 6.09. The Kier molecular flexibility index (Phi) is 6.95. The quantitative estimate of drug-likeness (QED) is 0.763. The highest BCUT2D eigenvalue weighted by Crippen LogP contribution is 2.26. The highest BCUT2D eigenvalue weighted by atomic mass is 35.5. The lowest BCUT2D eigenvalue weighted by atomic mass is 9.97. The number of amides is 4. The zero-order chi connectivity index (χ0) is 21.7. The van der Waals surface area contributed by atoms with Gasteiger partial charge in [0, 0.05) is 17.3 Å². The van der Waals surface area contributed by atoms with Gasteiger partial charge in [-0.1, -0.05) is 30.7 Å². The molecule has 0 spiro atoms. The number of methoxy groups -OCH3 is 1. The van der Waals surface area contributed by atoms with Crippen molar-refractivity contribution in [1.29, 1.82) is 0 Å². The molecule has 158 valence electrons. The molecule has 2 aromatic rings. The van der Waals surface area contributed by atoms with Gasteiger partial charge in [0.1, 0.15) is 12.3 Å². The van der Waals surface area contributed by atoms with E-state index in [-0.39, 0.29) is 25.4 Å². The molecule has 4 amide bonds. The number of rotatable bonds is 5. The summed E-state index contributed by atoms with van der Waals surface area (Å²) in [5, 5.41) is 5.92. The van der Waals surface area contributed by atoms with Gasteiger partial charge in [-0.05, 0) is 54.3 Å². The first kappa shape index (κ1) is 21.6. The Bertz CT molecular complexity index is 946. The number of nitrogens with zero attached hydrogens (tertiary/aromatic N) is 1. The summed E-state index contributed by atoms with van der Waals surface area (Å²) < 4.78 is 5.35. The van der Waals surface area contributed by atoms with Gasteiger partial charge in [0.2, 0.25) is 11.8 Å². The fourth-order valence-corrected chi connectivity index (χ4v) is 3.54. The van der Waals surface area contributed by atoms with Crippen LogP contribution in [-0.2, 0) is 22.4 Å². The molecule has 3 rings (SSSR count). The number of anilines is 1. The molecule has 1 aliphatic heterocycles. The number of carbonyl (C=O) groups excluding carboxylic acids is 3. The van der Waals surface area contributed by atoms with Crippen molar-refractivity contribution in [2.24, 2.45) is 5.92 Å². The lowest BCUT2D eigenvalue weighted by Crippen LogP contribution is -2.44. The van der Waals surface area contributed by atoms with E-state index < -0.39 is 17.9 Å². The summed E-state index contributed by atoms with van der Waals surface area (Å²) in [6, 6.07) is 11.9. The summed E-state index contributed by atoms with van der Waals surface area (Å²) in [5.41, 5.74) is 2.42. The standard InChI is InChI=1S/C22H24ClN3O4/c1-3-14-4-7-18(8-5-14)25-22(29)26-13-20(27)24-12-16(21(26)28)10-15-11-17(23)6-9-19(15)30-2/h4-9,11,16H,3,10,12-13H2,1-2H3,(H,24,27)(H,25,29). The molecule has 1 fully saturated rings. The maximum absolute atomic E-state index is 13.1. The van der Waals surface area contributed by atoms with E-state index in [9.17, 15) is 14.4 Å². The molecule has 0 saturated carbocycles. The number of halogens is 1. The van der Waals surface area contributed by atoms with Gasteiger partial charge in [-0.3, -0.25) is 14.5 Å². The van der Waals surface area contributed by atoms with Gasteiger partial charge in [-0.15, -0.1) is 0 Å². The van der Waals surface area contributed by atoms with Crippen LogP contribution in [0.1, 0.15) is 18.1 Å². The van der Waals surface area contributed by atoms with Gasteiger partial charge in [0.25, 0.3) is 0 Å². The van der Waals surface area contributed by atoms with Gasteiger partial charge >= 0.3 is 6.03 Å². The van der Waals surface area contributed by atoms with Crippen LogP contribution in [0.15, 0.2) is 42.5 Å². The highest BCUT2D eigenvalue weighted by Gasteiger charge is 2.34. The Morgan fingerprint density at radius 1 is 1.23 bits per heavy atom. The Hall–Kier alpha value is -3.06. The van der Waals surface area contributed by atoms with E-state index >= 15 is 0 Å². The molecule has 8 heteroatoms. The third kappa shape index (κ3) is 5.10. The number of urea groups is 1. The van der Waals surface area contributed by atoms with Crippen molar-refractivity contribution in [3.05, 3.63) is 58.6 Å². The molecule has 2 aromatic carbocycles. The highest BCUT2D eigenvalue weighted by molar-refractivity contribution is 6.30. The molecule has 1 atom stereocenters. The first-order chi connectivity index (χ1) is 14.4. The van der Waals surface area contributed by atoms with E-state index in [4.69, 9.17) is 16.3 Å². The van der Waals surface area contributed by atoms with Crippen LogP contribution in [0.2, 0.25) is 5.02 Å². The number of ether oxygens (including phenoxy) is 1. The lowest BCUT2D eigenvalue weighted by Gasteiger charge is -2.22. The fourth-order valence-electron chi connectivity index (χ4n) is 3.34. The molecule has 30 heavy (non-hydrogen) atoms. The third-order valence-electron chi connectivity index (χ3n) is 5.03. The molecular weight excluding hydrogens is 406 g/mol. The van der Waals surface area contributed by atoms with Crippen molar-refractivity contribution in [3.63, 3.8) is 0 Å². The van der Waals surface area contributed by atoms with Gasteiger partial charge in [-0.2, -0.15) is 0 Å². The summed E-state index contributed by atoms with van der Waals surface area (Å²) in [4.78, 5) is 39.0. The maximum Gasteiger partial charge on any atom is 0.329 e. The van der Waals surface area contributed by atoms with Gasteiger partial charge in [-0.25, -0.2) is 4.79 Å². The van der Waals surface area contributed by atoms with Gasteiger partial charge in [0.05, 0.1) is 13.0 Å². The monoisotopic (exact) mass is 429 g/mol. The molecule has 0 aromatic heterocycles. The van der Waals surface area contributed by atoms with Gasteiger partial charge in [0.15, 0.2) is 0 Å². The normalized spacial score (nSPS) is 16.6. The Morgan fingerprint density at radius 3 is 2.63 bits per heavy atom. The zero-order valence-corrected chi connectivity index (χ0v) is 17.7. The van der Waals surface area contributed by atoms with Crippen molar-refractivity contribution in [3.8, 4) is 5.75 Å². The van der Waals surface area contributed by atoms with Crippen LogP contribution in [0, 0.1) is 5.92 Å². The number of carbonyl (C=O) groups is 3. The second kappa shape index (κ2) is 9.63. The average Bonchev–Trinajstić information content (AvgIpc) is 2.88. The van der Waals surface area contributed by atoms with Crippen molar-refractivity contribution < 1.29 is 19.1 Å². The predicted octanol–water partition coefficient (Wildman–Crippen LogP) is 3.26. The van der Waals surface area contributed by atoms with Crippen LogP contribution < -0.4 is 15.4 Å². The fraction of sp³-hybridized carbons (Fsp3) is 0.318. The molecule has 1 aliphatic rings. The second-order valence-corrected chi connectivity index (χ2v) is 7.50. The number of nitrogens with one attached hydrogen (secondary N) is 2. The molecule has 1 unspecified atom stereocenters. The van der Waals surface area contributed by atoms with E-state index in [0.29, 0.717) is 16.5 Å². The van der Waals surface area contributed by atoms with Crippen LogP contribution in [0.4, 0.5) is 10.5 Å². The smallest absolute Gasteiger partial charge is 0.329 e. The number of hydrogen-bond donors (Lipinski definition) is 2. The van der Waals surface area contributed by atoms with Gasteiger partial charge < -0.3 is 15.4 Å². The third-order valence-corrected chi connectivity index (χ3v) is 5.27. The Morgan fingerprint density at radius 2 is 1.97 bits per heavy atom. The lowest BCUT2D eigenvalue weighted by molar-refractivity contribution is -0.133. The Balaban J connectivity index is 1.78. The molecule has 0 bridgehead atoms. The summed E-state index contributed by atoms with van der Waals surface area (Å²) in [6.07, 6.45) is 1.16. The average molecular weight is 430 g/mol. The van der Waals surface area contributed by atoms with Crippen LogP contribution >= 0.6 is 11.6 Å². The number of benzene rings is 2. The summed E-state index contributed by atoms with van der Waals surface area (Å²) in [5.74, 6) is -0.856. The first-order valence-corrected chi connectivity index (χ1v) is 10.1. The van der Waals surface area contributed by atoms with Crippen molar-refractivity contribution in [1.82, 2.24) is 10.2 Å². The number of aryl methyl sites for hydroxylation is 1. The van der Waals surface area contributed by atoms with Crippen molar-refractivity contribution >= 4 is 35.1 Å². The number of hydrogen-bond acceptors (Lipinski definition) is 4. The molecule has 1 saturated heterocycles. The van der Waals surface area contributed by atoms with Crippen molar-refractivity contribution in [2.45, 2.75) is 19.8 Å². The van der Waals surface area contributed by atoms with Crippen LogP contribution in [0.3, 0.4) is 0 Å². The van der Waals surface area contributed by atoms with Crippen LogP contribution in [-0.4, -0.2) is 42.9 Å². The molecular formula is C22H24ClN3O4.